The Hall–Kier alpha value is -2.57. The Kier molecular flexibility index (Phi) is 14.8. The van der Waals surface area contributed by atoms with Crippen LogP contribution in [0.3, 0.4) is 0 Å². The van der Waals surface area contributed by atoms with E-state index in [0.717, 1.165) is 24.8 Å². The molecule has 0 saturated heterocycles. The molecule has 1 aromatic rings. The average Bonchev–Trinajstić information content (AvgIpc) is 2.79. The summed E-state index contributed by atoms with van der Waals surface area (Å²) in [5, 5.41) is 5.33. The Bertz CT molecular complexity index is 745. The van der Waals surface area contributed by atoms with E-state index in [9.17, 15) is 14.4 Å². The second-order valence-corrected chi connectivity index (χ2v) is 10.1. The van der Waals surface area contributed by atoms with Crippen LogP contribution in [0.1, 0.15) is 97.5 Å². The van der Waals surface area contributed by atoms with E-state index in [1.807, 2.05) is 30.3 Å². The lowest BCUT2D eigenvalue weighted by atomic mass is 10.0. The van der Waals surface area contributed by atoms with Crippen molar-refractivity contribution in [2.24, 2.45) is 0 Å². The molecule has 35 heavy (non-hydrogen) atoms. The zero-order valence-corrected chi connectivity index (χ0v) is 22.4. The van der Waals surface area contributed by atoms with Gasteiger partial charge in [-0.05, 0) is 52.0 Å². The molecular formula is C28H46N2O5. The van der Waals surface area contributed by atoms with Crippen LogP contribution in [0.4, 0.5) is 4.79 Å². The summed E-state index contributed by atoms with van der Waals surface area (Å²) in [4.78, 5) is 37.3. The highest BCUT2D eigenvalue weighted by atomic mass is 16.6. The lowest BCUT2D eigenvalue weighted by Gasteiger charge is -2.25. The highest BCUT2D eigenvalue weighted by molar-refractivity contribution is 5.82. The van der Waals surface area contributed by atoms with Crippen LogP contribution in [-0.4, -0.2) is 42.8 Å². The first-order valence-corrected chi connectivity index (χ1v) is 13.1. The number of alkyl carbamates (subject to hydrolysis) is 1. The summed E-state index contributed by atoms with van der Waals surface area (Å²) in [7, 11) is 1.62. The van der Waals surface area contributed by atoms with E-state index in [1.54, 1.807) is 27.8 Å². The number of amides is 2. The van der Waals surface area contributed by atoms with Crippen molar-refractivity contribution >= 4 is 18.0 Å². The molecule has 7 heteroatoms. The minimum Gasteiger partial charge on any atom is -0.461 e. The predicted octanol–water partition coefficient (Wildman–Crippen LogP) is 5.70. The standard InChI is InChI=1S/C28H46N2O5/c1-6-7-8-9-10-14-18-23(19-15-20-25(31)29-5)34-26(32)24(21-22-16-12-11-13-17-22)30-27(33)35-28(2,3)4/h11-13,16-17,23-24H,6-10,14-15,18-21H2,1-5H3,(H,29,31)(H,30,33)/t23-,24?/m0/s1. The molecule has 0 spiro atoms. The van der Waals surface area contributed by atoms with Crippen LogP contribution in [0.25, 0.3) is 0 Å². The van der Waals surface area contributed by atoms with Gasteiger partial charge in [0.15, 0.2) is 0 Å². The van der Waals surface area contributed by atoms with E-state index in [1.165, 1.54) is 25.7 Å². The number of rotatable bonds is 16. The molecule has 198 valence electrons. The summed E-state index contributed by atoms with van der Waals surface area (Å²) in [6.45, 7) is 7.53. The average molecular weight is 491 g/mol. The maximum absolute atomic E-state index is 13.2. The first-order chi connectivity index (χ1) is 16.6. The largest absolute Gasteiger partial charge is 0.461 e. The molecular weight excluding hydrogens is 444 g/mol. The highest BCUT2D eigenvalue weighted by Gasteiger charge is 2.28. The second-order valence-electron chi connectivity index (χ2n) is 10.1. The second kappa shape index (κ2) is 17.0. The molecule has 0 bridgehead atoms. The van der Waals surface area contributed by atoms with Gasteiger partial charge in [-0.3, -0.25) is 4.79 Å². The van der Waals surface area contributed by atoms with Crippen molar-refractivity contribution in [2.45, 2.75) is 116 Å². The predicted molar refractivity (Wildman–Crippen MR) is 139 cm³/mol. The zero-order chi connectivity index (χ0) is 26.1. The Balaban J connectivity index is 2.83. The fourth-order valence-corrected chi connectivity index (χ4v) is 3.77. The molecule has 0 saturated carbocycles. The third kappa shape index (κ3) is 15.1. The van der Waals surface area contributed by atoms with Crippen LogP contribution >= 0.6 is 0 Å². The molecule has 0 aliphatic heterocycles. The summed E-state index contributed by atoms with van der Waals surface area (Å²) in [6, 6.07) is 8.65. The Labute approximate surface area is 211 Å². The summed E-state index contributed by atoms with van der Waals surface area (Å²) in [6.07, 6.45) is 8.63. The topological polar surface area (TPSA) is 93.7 Å². The van der Waals surface area contributed by atoms with Crippen LogP contribution in [0.2, 0.25) is 0 Å². The van der Waals surface area contributed by atoms with E-state index < -0.39 is 23.7 Å². The maximum atomic E-state index is 13.2. The summed E-state index contributed by atoms with van der Waals surface area (Å²) >= 11 is 0. The van der Waals surface area contributed by atoms with Gasteiger partial charge in [0.2, 0.25) is 5.91 Å². The molecule has 0 heterocycles. The normalized spacial score (nSPS) is 12.9. The molecule has 0 aliphatic rings. The molecule has 2 atom stereocenters. The van der Waals surface area contributed by atoms with Crippen LogP contribution in [-0.2, 0) is 25.5 Å². The molecule has 0 radical (unpaired) electrons. The third-order valence-corrected chi connectivity index (χ3v) is 5.63. The summed E-state index contributed by atoms with van der Waals surface area (Å²) < 4.78 is 11.3. The van der Waals surface area contributed by atoms with Crippen molar-refractivity contribution in [3.63, 3.8) is 0 Å². The van der Waals surface area contributed by atoms with Crippen molar-refractivity contribution in [2.75, 3.05) is 7.05 Å². The van der Waals surface area contributed by atoms with Gasteiger partial charge in [-0.25, -0.2) is 9.59 Å². The van der Waals surface area contributed by atoms with E-state index in [-0.39, 0.29) is 12.0 Å². The Morgan fingerprint density at radius 1 is 0.914 bits per heavy atom. The number of ether oxygens (including phenoxy) is 2. The van der Waals surface area contributed by atoms with E-state index in [4.69, 9.17) is 9.47 Å². The van der Waals surface area contributed by atoms with Gasteiger partial charge in [-0.15, -0.1) is 0 Å². The Morgan fingerprint density at radius 2 is 1.54 bits per heavy atom. The van der Waals surface area contributed by atoms with Gasteiger partial charge >= 0.3 is 12.1 Å². The van der Waals surface area contributed by atoms with Crippen LogP contribution in [0, 0.1) is 0 Å². The quantitative estimate of drug-likeness (QED) is 0.229. The maximum Gasteiger partial charge on any atom is 0.408 e. The number of unbranched alkanes of at least 4 members (excludes halogenated alkanes) is 5. The van der Waals surface area contributed by atoms with Gasteiger partial charge in [0.05, 0.1) is 0 Å². The number of hydrogen-bond acceptors (Lipinski definition) is 5. The molecule has 7 nitrogen and oxygen atoms in total. The van der Waals surface area contributed by atoms with E-state index >= 15 is 0 Å². The fourth-order valence-electron chi connectivity index (χ4n) is 3.77. The van der Waals surface area contributed by atoms with Crippen LogP contribution in [0.15, 0.2) is 30.3 Å². The third-order valence-electron chi connectivity index (χ3n) is 5.63. The number of hydrogen-bond donors (Lipinski definition) is 2. The van der Waals surface area contributed by atoms with Gasteiger partial charge in [-0.2, -0.15) is 0 Å². The van der Waals surface area contributed by atoms with Crippen molar-refractivity contribution in [3.05, 3.63) is 35.9 Å². The van der Waals surface area contributed by atoms with Crippen molar-refractivity contribution < 1.29 is 23.9 Å². The van der Waals surface area contributed by atoms with E-state index in [0.29, 0.717) is 25.7 Å². The summed E-state index contributed by atoms with van der Waals surface area (Å²) in [5.41, 5.74) is 0.239. The van der Waals surface area contributed by atoms with Crippen LogP contribution in [0.5, 0.6) is 0 Å². The number of benzene rings is 1. The monoisotopic (exact) mass is 490 g/mol. The SMILES string of the molecule is CCCCCCCC[C@@H](CCCC(=O)NC)OC(=O)C(Cc1ccccc1)NC(=O)OC(C)(C)C. The van der Waals surface area contributed by atoms with Crippen molar-refractivity contribution in [1.82, 2.24) is 10.6 Å². The minimum atomic E-state index is -0.863. The van der Waals surface area contributed by atoms with Crippen molar-refractivity contribution in [3.8, 4) is 0 Å². The molecule has 2 amide bonds. The first-order valence-electron chi connectivity index (χ1n) is 13.1. The fraction of sp³-hybridized carbons (Fsp3) is 0.679. The molecule has 0 aromatic heterocycles. The first kappa shape index (κ1) is 30.5. The lowest BCUT2D eigenvalue weighted by molar-refractivity contribution is -0.152. The molecule has 2 N–H and O–H groups in total. The molecule has 0 fully saturated rings. The smallest absolute Gasteiger partial charge is 0.408 e. The highest BCUT2D eigenvalue weighted by Crippen LogP contribution is 2.17. The zero-order valence-electron chi connectivity index (χ0n) is 22.4. The lowest BCUT2D eigenvalue weighted by Crippen LogP contribution is -2.46. The number of nitrogens with one attached hydrogen (secondary N) is 2. The molecule has 0 aliphatic carbocycles. The summed E-state index contributed by atoms with van der Waals surface area (Å²) in [5.74, 6) is -0.501. The molecule has 1 aromatic carbocycles. The van der Waals surface area contributed by atoms with Gasteiger partial charge < -0.3 is 20.1 Å². The molecule has 1 unspecified atom stereocenters. The van der Waals surface area contributed by atoms with Crippen LogP contribution < -0.4 is 10.6 Å². The minimum absolute atomic E-state index is 0.0248. The number of carbonyl (C=O) groups excluding carboxylic acids is 3. The number of carbonyl (C=O) groups is 3. The van der Waals surface area contributed by atoms with E-state index in [2.05, 4.69) is 17.6 Å². The Morgan fingerprint density at radius 3 is 2.17 bits per heavy atom. The van der Waals surface area contributed by atoms with Crippen molar-refractivity contribution in [1.29, 1.82) is 0 Å². The molecule has 1 rings (SSSR count). The van der Waals surface area contributed by atoms with Gasteiger partial charge in [0.1, 0.15) is 17.7 Å². The van der Waals surface area contributed by atoms with Gasteiger partial charge in [0, 0.05) is 19.9 Å². The van der Waals surface area contributed by atoms with Gasteiger partial charge in [0.25, 0.3) is 0 Å². The van der Waals surface area contributed by atoms with Gasteiger partial charge in [-0.1, -0.05) is 69.4 Å². The number of esters is 1.